The van der Waals surface area contributed by atoms with Crippen molar-refractivity contribution in [3.05, 3.63) is 22.6 Å². The van der Waals surface area contributed by atoms with Gasteiger partial charge in [-0.05, 0) is 52.7 Å². The van der Waals surface area contributed by atoms with Gasteiger partial charge < -0.3 is 14.2 Å². The van der Waals surface area contributed by atoms with Crippen molar-refractivity contribution in [2.24, 2.45) is 5.10 Å². The maximum absolute atomic E-state index is 13.6. The molecule has 2 aliphatic rings. The number of hydrogen-bond donors (Lipinski definition) is 1. The van der Waals surface area contributed by atoms with Gasteiger partial charge in [0.05, 0.1) is 5.71 Å². The normalized spacial score (nSPS) is 19.5. The van der Waals surface area contributed by atoms with Crippen molar-refractivity contribution in [1.29, 1.82) is 0 Å². The molecule has 0 spiro atoms. The molecule has 1 aromatic heterocycles. The van der Waals surface area contributed by atoms with Crippen LogP contribution in [0.15, 0.2) is 9.52 Å². The Balaban J connectivity index is 1.83. The molecule has 0 bridgehead atoms. The third-order valence-electron chi connectivity index (χ3n) is 6.40. The minimum absolute atomic E-state index is 0.00807. The number of halogens is 7. The van der Waals surface area contributed by atoms with Gasteiger partial charge in [0, 0.05) is 30.6 Å². The van der Waals surface area contributed by atoms with Crippen molar-refractivity contribution in [2.75, 3.05) is 27.2 Å². The lowest BCUT2D eigenvalue weighted by Crippen LogP contribution is -2.58. The van der Waals surface area contributed by atoms with Crippen LogP contribution >= 0.6 is 0 Å². The third kappa shape index (κ3) is 4.89. The van der Waals surface area contributed by atoms with E-state index in [1.807, 2.05) is 7.05 Å². The van der Waals surface area contributed by atoms with Crippen molar-refractivity contribution in [3.8, 4) is 0 Å². The zero-order valence-corrected chi connectivity index (χ0v) is 19.2. The van der Waals surface area contributed by atoms with Gasteiger partial charge in [-0.15, -0.1) is 0 Å². The summed E-state index contributed by atoms with van der Waals surface area (Å²) < 4.78 is 96.2. The molecule has 0 saturated carbocycles. The number of rotatable bonds is 5. The Hall–Kier alpha value is -2.64. The molecule has 0 atom stereocenters. The van der Waals surface area contributed by atoms with Crippen LogP contribution in [0, 0.1) is 6.92 Å². The number of nitrogens with zero attached hydrogens (tertiary/aromatic N) is 3. The van der Waals surface area contributed by atoms with Gasteiger partial charge in [0.15, 0.2) is 5.76 Å². The van der Waals surface area contributed by atoms with E-state index in [1.165, 1.54) is 6.92 Å². The fourth-order valence-electron chi connectivity index (χ4n) is 4.20. The largest absolute Gasteiger partial charge is 0.460 e. The standard InChI is InChI=1S/C21H25F7N4O3/c1-11-15-13(29-30-18(34)19(22,23)20(24,25)21(26,27)28)5-4-6-14(15)35-16(11)17(33)32(3)12-7-9-31(2)10-8-12/h12H,4-10H2,1-3H3,(H,30,34)/b29-13+. The third-order valence-corrected chi connectivity index (χ3v) is 6.40. The average molecular weight is 514 g/mol. The molecule has 1 aromatic rings. The van der Waals surface area contributed by atoms with Crippen LogP contribution in [-0.2, 0) is 11.2 Å². The van der Waals surface area contributed by atoms with E-state index >= 15 is 0 Å². The highest BCUT2D eigenvalue weighted by molar-refractivity contribution is 6.06. The van der Waals surface area contributed by atoms with Gasteiger partial charge in [0.1, 0.15) is 5.76 Å². The summed E-state index contributed by atoms with van der Waals surface area (Å²) in [6.07, 6.45) is -4.32. The van der Waals surface area contributed by atoms with Crippen LogP contribution in [0.4, 0.5) is 30.7 Å². The zero-order valence-electron chi connectivity index (χ0n) is 19.2. The van der Waals surface area contributed by atoms with Crippen LogP contribution < -0.4 is 5.43 Å². The molecule has 35 heavy (non-hydrogen) atoms. The van der Waals surface area contributed by atoms with E-state index in [-0.39, 0.29) is 35.3 Å². The molecule has 0 unspecified atom stereocenters. The molecular weight excluding hydrogens is 489 g/mol. The molecule has 1 aliphatic carbocycles. The lowest BCUT2D eigenvalue weighted by molar-refractivity contribution is -0.344. The van der Waals surface area contributed by atoms with Crippen molar-refractivity contribution in [2.45, 2.75) is 63.1 Å². The number of aryl methyl sites for hydroxylation is 1. The fourth-order valence-corrected chi connectivity index (χ4v) is 4.20. The molecule has 0 radical (unpaired) electrons. The van der Waals surface area contributed by atoms with Crippen LogP contribution in [0.2, 0.25) is 0 Å². The topological polar surface area (TPSA) is 78.2 Å². The van der Waals surface area contributed by atoms with E-state index in [0.717, 1.165) is 31.4 Å². The first-order chi connectivity index (χ1) is 16.1. The SMILES string of the molecule is Cc1c(C(=O)N(C)C2CCN(C)CC2)oc2c1/C(=N/NC(=O)C(F)(F)C(F)(F)C(F)(F)F)CCC2. The van der Waals surface area contributed by atoms with Gasteiger partial charge in [-0.25, -0.2) is 5.43 Å². The number of amides is 2. The highest BCUT2D eigenvalue weighted by atomic mass is 19.4. The van der Waals surface area contributed by atoms with E-state index in [2.05, 4.69) is 10.0 Å². The number of carbonyl (C=O) groups is 2. The number of nitrogens with one attached hydrogen (secondary N) is 1. The Morgan fingerprint density at radius 1 is 1.09 bits per heavy atom. The summed E-state index contributed by atoms with van der Waals surface area (Å²) in [5.74, 6) is -15.7. The number of piperidine rings is 1. The van der Waals surface area contributed by atoms with E-state index in [4.69, 9.17) is 4.42 Å². The highest BCUT2D eigenvalue weighted by Crippen LogP contribution is 2.46. The average Bonchev–Trinajstić information content (AvgIpc) is 3.13. The second kappa shape index (κ2) is 9.43. The summed E-state index contributed by atoms with van der Waals surface area (Å²) in [4.78, 5) is 28.3. The number of carbonyl (C=O) groups excluding carboxylic acids is 2. The highest BCUT2D eigenvalue weighted by Gasteiger charge is 2.76. The van der Waals surface area contributed by atoms with E-state index in [1.54, 1.807) is 11.9 Å². The first-order valence-electron chi connectivity index (χ1n) is 10.9. The molecular formula is C21H25F7N4O3. The number of likely N-dealkylation sites (tertiary alicyclic amines) is 1. The second-order valence-electron chi connectivity index (χ2n) is 8.80. The zero-order chi connectivity index (χ0) is 26.3. The minimum Gasteiger partial charge on any atom is -0.455 e. The quantitative estimate of drug-likeness (QED) is 0.480. The summed E-state index contributed by atoms with van der Waals surface area (Å²) in [5.41, 5.74) is 1.62. The van der Waals surface area contributed by atoms with Crippen molar-refractivity contribution in [3.63, 3.8) is 0 Å². The lowest BCUT2D eigenvalue weighted by Gasteiger charge is -2.34. The molecule has 3 rings (SSSR count). The van der Waals surface area contributed by atoms with Gasteiger partial charge in [-0.1, -0.05) is 0 Å². The van der Waals surface area contributed by atoms with Crippen LogP contribution in [-0.4, -0.2) is 78.6 Å². The van der Waals surface area contributed by atoms with Gasteiger partial charge in [0.2, 0.25) is 0 Å². The van der Waals surface area contributed by atoms with Gasteiger partial charge in [-0.3, -0.25) is 9.59 Å². The number of hydrazone groups is 1. The second-order valence-corrected chi connectivity index (χ2v) is 8.80. The molecule has 1 N–H and O–H groups in total. The number of fused-ring (bicyclic) bond motifs is 1. The Morgan fingerprint density at radius 3 is 2.26 bits per heavy atom. The van der Waals surface area contributed by atoms with E-state index in [9.17, 15) is 40.3 Å². The number of hydrogen-bond acceptors (Lipinski definition) is 5. The molecule has 1 fully saturated rings. The van der Waals surface area contributed by atoms with Crippen LogP contribution in [0.25, 0.3) is 0 Å². The van der Waals surface area contributed by atoms with Crippen molar-refractivity contribution < 1.29 is 44.7 Å². The molecule has 7 nitrogen and oxygen atoms in total. The predicted molar refractivity (Wildman–Crippen MR) is 110 cm³/mol. The molecule has 2 amide bonds. The summed E-state index contributed by atoms with van der Waals surface area (Å²) in [7, 11) is 3.61. The first kappa shape index (κ1) is 27.0. The van der Waals surface area contributed by atoms with Crippen molar-refractivity contribution >= 4 is 17.5 Å². The summed E-state index contributed by atoms with van der Waals surface area (Å²) in [6.45, 7) is 3.14. The fraction of sp³-hybridized carbons (Fsp3) is 0.667. The Bertz CT molecular complexity index is 1010. The summed E-state index contributed by atoms with van der Waals surface area (Å²) in [5, 5.41) is 3.41. The maximum atomic E-state index is 13.6. The summed E-state index contributed by atoms with van der Waals surface area (Å²) >= 11 is 0. The van der Waals surface area contributed by atoms with E-state index < -0.39 is 29.8 Å². The number of alkyl halides is 7. The minimum atomic E-state index is -6.64. The molecule has 1 aliphatic heterocycles. The van der Waals surface area contributed by atoms with Gasteiger partial charge in [0.25, 0.3) is 5.91 Å². The summed E-state index contributed by atoms with van der Waals surface area (Å²) in [6, 6.07) is -0.0230. The molecule has 2 heterocycles. The van der Waals surface area contributed by atoms with Gasteiger partial charge >= 0.3 is 23.9 Å². The molecule has 14 heteroatoms. The Morgan fingerprint density at radius 2 is 1.69 bits per heavy atom. The molecule has 0 aromatic carbocycles. The maximum Gasteiger partial charge on any atom is 0.460 e. The van der Waals surface area contributed by atoms with Crippen LogP contribution in [0.3, 0.4) is 0 Å². The Labute approximate surface area is 196 Å². The monoisotopic (exact) mass is 514 g/mol. The van der Waals surface area contributed by atoms with Gasteiger partial charge in [-0.2, -0.15) is 35.8 Å². The Kier molecular flexibility index (Phi) is 7.26. The van der Waals surface area contributed by atoms with E-state index in [0.29, 0.717) is 18.4 Å². The van der Waals surface area contributed by atoms with Crippen molar-refractivity contribution in [1.82, 2.24) is 15.2 Å². The molecule has 1 saturated heterocycles. The van der Waals surface area contributed by atoms with Crippen LogP contribution in [0.5, 0.6) is 0 Å². The first-order valence-corrected chi connectivity index (χ1v) is 10.9. The van der Waals surface area contributed by atoms with Crippen LogP contribution in [0.1, 0.15) is 53.1 Å². The number of furan rings is 1. The predicted octanol–water partition coefficient (Wildman–Crippen LogP) is 3.74. The smallest absolute Gasteiger partial charge is 0.455 e. The lowest BCUT2D eigenvalue weighted by atomic mass is 9.93. The molecule has 196 valence electrons.